The van der Waals surface area contributed by atoms with Crippen molar-refractivity contribution in [2.24, 2.45) is 0 Å². The van der Waals surface area contributed by atoms with E-state index in [9.17, 15) is 8.42 Å². The molecule has 0 unspecified atom stereocenters. The molecule has 1 aromatic carbocycles. The summed E-state index contributed by atoms with van der Waals surface area (Å²) in [4.78, 5) is 6.59. The average molecular weight is 311 g/mol. The van der Waals surface area contributed by atoms with Crippen LogP contribution in [-0.4, -0.2) is 26.7 Å². The number of hydrogen-bond acceptors (Lipinski definition) is 6. The Labute approximate surface area is 123 Å². The Bertz CT molecular complexity index is 723. The summed E-state index contributed by atoms with van der Waals surface area (Å²) in [7, 11) is -1.33. The summed E-state index contributed by atoms with van der Waals surface area (Å²) < 4.78 is 23.0. The van der Waals surface area contributed by atoms with Gasteiger partial charge >= 0.3 is 0 Å². The Morgan fingerprint density at radius 1 is 1.40 bits per heavy atom. The van der Waals surface area contributed by atoms with Crippen LogP contribution >= 0.6 is 11.3 Å². The molecule has 0 aliphatic heterocycles. The molecule has 2 N–H and O–H groups in total. The number of nitrogen functional groups attached to an aromatic ring is 1. The minimum absolute atomic E-state index is 0.233. The lowest BCUT2D eigenvalue weighted by Gasteiger charge is -2.20. The highest BCUT2D eigenvalue weighted by atomic mass is 32.2. The summed E-state index contributed by atoms with van der Waals surface area (Å²) in [5, 5.41) is 3.03. The van der Waals surface area contributed by atoms with E-state index >= 15 is 0 Å². The first-order valence-corrected chi connectivity index (χ1v) is 8.76. The van der Waals surface area contributed by atoms with Gasteiger partial charge in [-0.1, -0.05) is 0 Å². The minimum Gasteiger partial charge on any atom is -0.397 e. The predicted molar refractivity (Wildman–Crippen MR) is 82.9 cm³/mol. The van der Waals surface area contributed by atoms with Gasteiger partial charge in [-0.2, -0.15) is 0 Å². The lowest BCUT2D eigenvalue weighted by Crippen LogP contribution is -2.18. The van der Waals surface area contributed by atoms with Crippen molar-refractivity contribution in [1.29, 1.82) is 0 Å². The van der Waals surface area contributed by atoms with Crippen LogP contribution in [0.25, 0.3) is 0 Å². The maximum absolute atomic E-state index is 11.5. The van der Waals surface area contributed by atoms with Crippen molar-refractivity contribution < 1.29 is 8.42 Å². The highest BCUT2D eigenvalue weighted by Gasteiger charge is 2.12. The van der Waals surface area contributed by atoms with Gasteiger partial charge in [0.1, 0.15) is 0 Å². The Hall–Kier alpha value is -1.60. The standard InChI is InChI=1S/C13H17N3O2S2/c1-9-15-10(8-19-9)7-16(2)13-5-4-11(6-12(13)14)20(3,17)18/h4-6,8H,7,14H2,1-3H3. The number of aryl methyl sites for hydroxylation is 1. The number of hydrogen-bond donors (Lipinski definition) is 1. The number of aromatic nitrogens is 1. The molecule has 0 fully saturated rings. The van der Waals surface area contributed by atoms with Gasteiger partial charge in [-0.3, -0.25) is 0 Å². The number of thiazole rings is 1. The summed E-state index contributed by atoms with van der Waals surface area (Å²) >= 11 is 1.60. The fraction of sp³-hybridized carbons (Fsp3) is 0.308. The van der Waals surface area contributed by atoms with Crippen LogP contribution in [0.1, 0.15) is 10.7 Å². The topological polar surface area (TPSA) is 76.3 Å². The second kappa shape index (κ2) is 5.41. The molecule has 0 aliphatic rings. The monoisotopic (exact) mass is 311 g/mol. The quantitative estimate of drug-likeness (QED) is 0.875. The predicted octanol–water partition coefficient (Wildman–Crippen LogP) is 2.07. The summed E-state index contributed by atoms with van der Waals surface area (Å²) in [6, 6.07) is 4.79. The fourth-order valence-electron chi connectivity index (χ4n) is 1.92. The molecule has 0 amide bonds. The molecule has 2 rings (SSSR count). The largest absolute Gasteiger partial charge is 0.397 e. The van der Waals surface area contributed by atoms with E-state index in [2.05, 4.69) is 4.98 Å². The lowest BCUT2D eigenvalue weighted by molar-refractivity contribution is 0.602. The third-order valence-corrected chi connectivity index (χ3v) is 4.84. The summed E-state index contributed by atoms with van der Waals surface area (Å²) in [6.45, 7) is 2.59. The molecule has 0 aliphatic carbocycles. The van der Waals surface area contributed by atoms with E-state index in [1.165, 1.54) is 12.3 Å². The molecule has 1 heterocycles. The van der Waals surface area contributed by atoms with Crippen molar-refractivity contribution in [3.63, 3.8) is 0 Å². The van der Waals surface area contributed by atoms with E-state index in [1.54, 1.807) is 23.5 Å². The van der Waals surface area contributed by atoms with Crippen LogP contribution in [0, 0.1) is 6.92 Å². The van der Waals surface area contributed by atoms with Gasteiger partial charge in [0.25, 0.3) is 0 Å². The van der Waals surface area contributed by atoms with Crippen molar-refractivity contribution in [2.45, 2.75) is 18.4 Å². The highest BCUT2D eigenvalue weighted by Crippen LogP contribution is 2.26. The van der Waals surface area contributed by atoms with Crippen molar-refractivity contribution in [3.05, 3.63) is 34.3 Å². The second-order valence-electron chi connectivity index (χ2n) is 4.71. The van der Waals surface area contributed by atoms with Crippen molar-refractivity contribution in [2.75, 3.05) is 23.9 Å². The zero-order valence-corrected chi connectivity index (χ0v) is 13.3. The molecule has 0 saturated heterocycles. The molecule has 20 heavy (non-hydrogen) atoms. The molecule has 0 bridgehead atoms. The fourth-order valence-corrected chi connectivity index (χ4v) is 3.18. The van der Waals surface area contributed by atoms with Gasteiger partial charge < -0.3 is 10.6 Å². The van der Waals surface area contributed by atoms with Gasteiger partial charge in [0, 0.05) is 18.7 Å². The average Bonchev–Trinajstić information content (AvgIpc) is 2.73. The smallest absolute Gasteiger partial charge is 0.175 e. The Morgan fingerprint density at radius 2 is 2.10 bits per heavy atom. The van der Waals surface area contributed by atoms with Crippen LogP contribution in [0.2, 0.25) is 0 Å². The molecule has 1 aromatic heterocycles. The lowest BCUT2D eigenvalue weighted by atomic mass is 10.2. The normalized spacial score (nSPS) is 11.6. The summed E-state index contributed by atoms with van der Waals surface area (Å²) in [5.74, 6) is 0. The maximum atomic E-state index is 11.5. The number of rotatable bonds is 4. The number of benzene rings is 1. The van der Waals surface area contributed by atoms with E-state index in [0.29, 0.717) is 12.2 Å². The Balaban J connectivity index is 2.24. The van der Waals surface area contributed by atoms with E-state index in [0.717, 1.165) is 16.4 Å². The van der Waals surface area contributed by atoms with E-state index in [1.807, 2.05) is 24.3 Å². The number of nitrogens with zero attached hydrogens (tertiary/aromatic N) is 2. The summed E-state index contributed by atoms with van der Waals surface area (Å²) in [5.41, 5.74) is 8.17. The zero-order valence-electron chi connectivity index (χ0n) is 11.6. The third kappa shape index (κ3) is 3.29. The van der Waals surface area contributed by atoms with Gasteiger partial charge in [-0.25, -0.2) is 13.4 Å². The van der Waals surface area contributed by atoms with Crippen molar-refractivity contribution in [1.82, 2.24) is 4.98 Å². The summed E-state index contributed by atoms with van der Waals surface area (Å²) in [6.07, 6.45) is 1.17. The first-order valence-electron chi connectivity index (χ1n) is 5.99. The molecule has 0 radical (unpaired) electrons. The molecule has 0 saturated carbocycles. The molecular weight excluding hydrogens is 294 g/mol. The van der Waals surface area contributed by atoms with E-state index in [4.69, 9.17) is 5.73 Å². The van der Waals surface area contributed by atoms with Crippen LogP contribution in [0.4, 0.5) is 11.4 Å². The van der Waals surface area contributed by atoms with Crippen LogP contribution in [-0.2, 0) is 16.4 Å². The first kappa shape index (κ1) is 14.8. The second-order valence-corrected chi connectivity index (χ2v) is 7.78. The van der Waals surface area contributed by atoms with Crippen LogP contribution in [0.15, 0.2) is 28.5 Å². The highest BCUT2D eigenvalue weighted by molar-refractivity contribution is 7.90. The van der Waals surface area contributed by atoms with Gasteiger partial charge in [0.2, 0.25) is 0 Å². The van der Waals surface area contributed by atoms with Gasteiger partial charge in [-0.15, -0.1) is 11.3 Å². The SMILES string of the molecule is Cc1nc(CN(C)c2ccc(S(C)(=O)=O)cc2N)cs1. The minimum atomic E-state index is -3.23. The van der Waals surface area contributed by atoms with Crippen molar-refractivity contribution in [3.8, 4) is 0 Å². The van der Waals surface area contributed by atoms with E-state index in [-0.39, 0.29) is 4.90 Å². The zero-order chi connectivity index (χ0) is 14.9. The van der Waals surface area contributed by atoms with Gasteiger partial charge in [0.05, 0.1) is 33.5 Å². The van der Waals surface area contributed by atoms with E-state index < -0.39 is 9.84 Å². The number of sulfone groups is 1. The molecule has 5 nitrogen and oxygen atoms in total. The Kier molecular flexibility index (Phi) is 4.01. The number of anilines is 2. The van der Waals surface area contributed by atoms with Gasteiger partial charge in [0.15, 0.2) is 9.84 Å². The first-order chi connectivity index (χ1) is 9.27. The maximum Gasteiger partial charge on any atom is 0.175 e. The Morgan fingerprint density at radius 3 is 2.60 bits per heavy atom. The van der Waals surface area contributed by atoms with Crippen LogP contribution in [0.3, 0.4) is 0 Å². The number of nitrogens with two attached hydrogens (primary N) is 1. The van der Waals surface area contributed by atoms with Crippen molar-refractivity contribution >= 4 is 32.5 Å². The molecule has 2 aromatic rings. The molecule has 0 atom stereocenters. The molecule has 0 spiro atoms. The molecular formula is C13H17N3O2S2. The van der Waals surface area contributed by atoms with Gasteiger partial charge in [-0.05, 0) is 25.1 Å². The molecule has 108 valence electrons. The third-order valence-electron chi connectivity index (χ3n) is 2.90. The molecule has 7 heteroatoms. The van der Waals surface area contributed by atoms with Crippen LogP contribution in [0.5, 0.6) is 0 Å². The van der Waals surface area contributed by atoms with Crippen LogP contribution < -0.4 is 10.6 Å².